The summed E-state index contributed by atoms with van der Waals surface area (Å²) < 4.78 is 7.49. The standard InChI is InChI=1S/C23H19N7O2/c24-21(31)13-32-20-6-3-5-18-22(20)23(27-14-26-18)29-16-7-8-19-15(10-16)11-28-30(19)12-17-4-1-2-9-25-17/h1-11,14H,12-13H2,(H2,24,31)(H,26,27,29). The number of ether oxygens (including phenoxy) is 1. The number of carbonyl (C=O) groups is 1. The van der Waals surface area contributed by atoms with E-state index < -0.39 is 5.91 Å². The number of benzene rings is 2. The molecule has 3 aromatic heterocycles. The van der Waals surface area contributed by atoms with E-state index in [0.29, 0.717) is 29.0 Å². The molecule has 2 aromatic carbocycles. The highest BCUT2D eigenvalue weighted by atomic mass is 16.5. The van der Waals surface area contributed by atoms with Gasteiger partial charge in [0.2, 0.25) is 0 Å². The van der Waals surface area contributed by atoms with Gasteiger partial charge in [-0.2, -0.15) is 5.10 Å². The number of nitrogens with two attached hydrogens (primary N) is 1. The van der Waals surface area contributed by atoms with E-state index in [0.717, 1.165) is 22.3 Å². The van der Waals surface area contributed by atoms with Crippen molar-refractivity contribution < 1.29 is 9.53 Å². The zero-order valence-electron chi connectivity index (χ0n) is 17.0. The molecule has 5 rings (SSSR count). The van der Waals surface area contributed by atoms with Gasteiger partial charge in [0.25, 0.3) is 5.91 Å². The van der Waals surface area contributed by atoms with Crippen molar-refractivity contribution in [2.75, 3.05) is 11.9 Å². The second-order valence-electron chi connectivity index (χ2n) is 7.15. The molecular weight excluding hydrogens is 406 g/mol. The molecule has 32 heavy (non-hydrogen) atoms. The minimum Gasteiger partial charge on any atom is -0.483 e. The predicted octanol–water partition coefficient (Wildman–Crippen LogP) is 3.03. The summed E-state index contributed by atoms with van der Waals surface area (Å²) in [5, 5.41) is 9.48. The zero-order chi connectivity index (χ0) is 21.9. The number of carbonyl (C=O) groups excluding carboxylic acids is 1. The summed E-state index contributed by atoms with van der Waals surface area (Å²) in [5.74, 6) is 0.491. The topological polar surface area (TPSA) is 121 Å². The van der Waals surface area contributed by atoms with Crippen LogP contribution in [0.3, 0.4) is 0 Å². The summed E-state index contributed by atoms with van der Waals surface area (Å²) >= 11 is 0. The third-order valence-corrected chi connectivity index (χ3v) is 4.94. The molecule has 9 nitrogen and oxygen atoms in total. The molecule has 0 saturated heterocycles. The van der Waals surface area contributed by atoms with Crippen LogP contribution in [0.1, 0.15) is 5.69 Å². The average molecular weight is 425 g/mol. The first-order valence-corrected chi connectivity index (χ1v) is 9.95. The maximum absolute atomic E-state index is 11.2. The van der Waals surface area contributed by atoms with E-state index >= 15 is 0 Å². The Balaban J connectivity index is 1.46. The van der Waals surface area contributed by atoms with E-state index in [1.54, 1.807) is 18.3 Å². The van der Waals surface area contributed by atoms with Gasteiger partial charge in [-0.3, -0.25) is 14.5 Å². The van der Waals surface area contributed by atoms with Crippen LogP contribution in [0.5, 0.6) is 5.75 Å². The van der Waals surface area contributed by atoms with Gasteiger partial charge in [0.1, 0.15) is 17.9 Å². The first-order chi connectivity index (χ1) is 15.7. The van der Waals surface area contributed by atoms with Gasteiger partial charge in [0, 0.05) is 17.3 Å². The van der Waals surface area contributed by atoms with E-state index in [-0.39, 0.29) is 6.61 Å². The Bertz CT molecular complexity index is 1410. The lowest BCUT2D eigenvalue weighted by molar-refractivity contribution is -0.119. The summed E-state index contributed by atoms with van der Waals surface area (Å²) in [4.78, 5) is 24.2. The van der Waals surface area contributed by atoms with Gasteiger partial charge in [-0.25, -0.2) is 9.97 Å². The highest BCUT2D eigenvalue weighted by Crippen LogP contribution is 2.32. The Morgan fingerprint density at radius 2 is 2.00 bits per heavy atom. The lowest BCUT2D eigenvalue weighted by Crippen LogP contribution is -2.20. The van der Waals surface area contributed by atoms with Crippen LogP contribution in [0.2, 0.25) is 0 Å². The second kappa shape index (κ2) is 8.31. The molecule has 3 heterocycles. The first-order valence-electron chi connectivity index (χ1n) is 9.95. The SMILES string of the molecule is NC(=O)COc1cccc2ncnc(Nc3ccc4c(cnn4Cc4ccccn4)c3)c12. The van der Waals surface area contributed by atoms with Crippen LogP contribution in [0.15, 0.2) is 73.3 Å². The van der Waals surface area contributed by atoms with Crippen molar-refractivity contribution in [3.63, 3.8) is 0 Å². The van der Waals surface area contributed by atoms with Gasteiger partial charge in [-0.05, 0) is 42.5 Å². The molecule has 0 aliphatic rings. The molecule has 5 aromatic rings. The molecule has 0 spiro atoms. The smallest absolute Gasteiger partial charge is 0.255 e. The predicted molar refractivity (Wildman–Crippen MR) is 121 cm³/mol. The van der Waals surface area contributed by atoms with Crippen molar-refractivity contribution in [1.82, 2.24) is 24.7 Å². The maximum atomic E-state index is 11.2. The number of nitrogens with zero attached hydrogens (tertiary/aromatic N) is 5. The highest BCUT2D eigenvalue weighted by molar-refractivity contribution is 5.96. The van der Waals surface area contributed by atoms with Crippen LogP contribution in [0.4, 0.5) is 11.5 Å². The minimum atomic E-state index is -0.554. The molecule has 0 aliphatic heterocycles. The summed E-state index contributed by atoms with van der Waals surface area (Å²) in [6.45, 7) is 0.364. The number of pyridine rings is 1. The molecular formula is C23H19N7O2. The Hall–Kier alpha value is -4.53. The molecule has 0 radical (unpaired) electrons. The van der Waals surface area contributed by atoms with Crippen molar-refractivity contribution in [3.8, 4) is 5.75 Å². The molecule has 0 fully saturated rings. The number of anilines is 2. The van der Waals surface area contributed by atoms with Crippen molar-refractivity contribution in [2.45, 2.75) is 6.54 Å². The number of primary amides is 1. The van der Waals surface area contributed by atoms with Crippen molar-refractivity contribution in [2.24, 2.45) is 5.73 Å². The summed E-state index contributed by atoms with van der Waals surface area (Å²) in [6.07, 6.45) is 5.07. The highest BCUT2D eigenvalue weighted by Gasteiger charge is 2.12. The average Bonchev–Trinajstić information content (AvgIpc) is 3.20. The molecule has 0 atom stereocenters. The normalized spacial score (nSPS) is 11.0. The van der Waals surface area contributed by atoms with Crippen LogP contribution in [-0.4, -0.2) is 37.2 Å². The molecule has 158 valence electrons. The van der Waals surface area contributed by atoms with E-state index in [1.165, 1.54) is 6.33 Å². The Kier molecular flexibility index (Phi) is 5.04. The van der Waals surface area contributed by atoms with E-state index in [1.807, 2.05) is 53.3 Å². The molecule has 0 saturated carbocycles. The number of hydrogen-bond donors (Lipinski definition) is 2. The van der Waals surface area contributed by atoms with Crippen LogP contribution >= 0.6 is 0 Å². The van der Waals surface area contributed by atoms with Gasteiger partial charge >= 0.3 is 0 Å². The largest absolute Gasteiger partial charge is 0.483 e. The van der Waals surface area contributed by atoms with Crippen LogP contribution in [-0.2, 0) is 11.3 Å². The van der Waals surface area contributed by atoms with Crippen molar-refractivity contribution in [1.29, 1.82) is 0 Å². The number of rotatable bonds is 7. The Morgan fingerprint density at radius 3 is 2.84 bits per heavy atom. The molecule has 0 unspecified atom stereocenters. The van der Waals surface area contributed by atoms with Crippen LogP contribution in [0.25, 0.3) is 21.8 Å². The van der Waals surface area contributed by atoms with Gasteiger partial charge < -0.3 is 15.8 Å². The number of amides is 1. The fourth-order valence-corrected chi connectivity index (χ4v) is 3.52. The monoisotopic (exact) mass is 425 g/mol. The lowest BCUT2D eigenvalue weighted by atomic mass is 10.2. The van der Waals surface area contributed by atoms with Crippen molar-refractivity contribution >= 4 is 39.2 Å². The third-order valence-electron chi connectivity index (χ3n) is 4.94. The Labute approximate surface area is 182 Å². The fourth-order valence-electron chi connectivity index (χ4n) is 3.52. The summed E-state index contributed by atoms with van der Waals surface area (Å²) in [7, 11) is 0. The van der Waals surface area contributed by atoms with Crippen molar-refractivity contribution in [3.05, 3.63) is 79.0 Å². The van der Waals surface area contributed by atoms with E-state index in [4.69, 9.17) is 10.5 Å². The maximum Gasteiger partial charge on any atom is 0.255 e. The van der Waals surface area contributed by atoms with E-state index in [9.17, 15) is 4.79 Å². The molecule has 3 N–H and O–H groups in total. The van der Waals surface area contributed by atoms with Gasteiger partial charge in [0.05, 0.1) is 34.9 Å². The summed E-state index contributed by atoms with van der Waals surface area (Å²) in [5.41, 5.74) is 8.69. The number of hydrogen-bond acceptors (Lipinski definition) is 7. The van der Waals surface area contributed by atoms with Gasteiger partial charge in [-0.15, -0.1) is 0 Å². The Morgan fingerprint density at radius 1 is 1.06 bits per heavy atom. The third kappa shape index (κ3) is 3.91. The lowest BCUT2D eigenvalue weighted by Gasteiger charge is -2.12. The van der Waals surface area contributed by atoms with Gasteiger partial charge in [0.15, 0.2) is 6.61 Å². The first kappa shape index (κ1) is 19.4. The van der Waals surface area contributed by atoms with E-state index in [2.05, 4.69) is 25.4 Å². The summed E-state index contributed by atoms with van der Waals surface area (Å²) in [6, 6.07) is 17.2. The fraction of sp³-hybridized carbons (Fsp3) is 0.0870. The minimum absolute atomic E-state index is 0.227. The van der Waals surface area contributed by atoms with Crippen LogP contribution < -0.4 is 15.8 Å². The number of aromatic nitrogens is 5. The van der Waals surface area contributed by atoms with Gasteiger partial charge in [-0.1, -0.05) is 12.1 Å². The number of fused-ring (bicyclic) bond motifs is 2. The molecule has 1 amide bonds. The molecule has 9 heteroatoms. The molecule has 0 aliphatic carbocycles. The van der Waals surface area contributed by atoms with Crippen LogP contribution in [0, 0.1) is 0 Å². The molecule has 0 bridgehead atoms. The second-order valence-corrected chi connectivity index (χ2v) is 7.15. The quantitative estimate of drug-likeness (QED) is 0.411. The number of nitrogens with one attached hydrogen (secondary N) is 1. The zero-order valence-corrected chi connectivity index (χ0v) is 17.0.